The van der Waals surface area contributed by atoms with Crippen LogP contribution in [-0.4, -0.2) is 52.2 Å². The molecule has 1 saturated heterocycles. The van der Waals surface area contributed by atoms with Crippen molar-refractivity contribution >= 4 is 11.4 Å². The van der Waals surface area contributed by atoms with Crippen molar-refractivity contribution in [1.29, 1.82) is 0 Å². The van der Waals surface area contributed by atoms with Crippen LogP contribution in [0, 0.1) is 6.57 Å². The lowest BCUT2D eigenvalue weighted by Crippen LogP contribution is -2.31. The minimum absolute atomic E-state index is 0.427. The molecule has 2 aliphatic heterocycles. The largest absolute Gasteiger partial charge is 0.370 e. The lowest BCUT2D eigenvalue weighted by atomic mass is 10.1. The van der Waals surface area contributed by atoms with Gasteiger partial charge in [-0.25, -0.2) is 9.83 Å². The average Bonchev–Trinajstić information content (AvgIpc) is 3.61. The Hall–Kier alpha value is -3.86. The van der Waals surface area contributed by atoms with Gasteiger partial charge in [0.2, 0.25) is 0 Å². The summed E-state index contributed by atoms with van der Waals surface area (Å²) in [7, 11) is 4.33. The number of nitrogens with zero attached hydrogens (tertiary/aromatic N) is 6. The van der Waals surface area contributed by atoms with Gasteiger partial charge in [-0.1, -0.05) is 24.3 Å². The number of fused-ring (bicyclic) bond motifs is 5. The summed E-state index contributed by atoms with van der Waals surface area (Å²) >= 11 is 0. The number of likely N-dealkylation sites (N-methyl/N-ethyl adjacent to an activating group) is 1. The Labute approximate surface area is 205 Å². The van der Waals surface area contributed by atoms with E-state index in [1.54, 1.807) is 0 Å². The number of rotatable bonds is 4. The van der Waals surface area contributed by atoms with E-state index >= 15 is 0 Å². The van der Waals surface area contributed by atoms with Crippen LogP contribution in [-0.2, 0) is 13.1 Å². The Balaban J connectivity index is 1.44. The fraction of sp³-hybridized carbons (Fsp3) is 0.286. The molecular formula is C28H29N7. The maximum atomic E-state index is 7.23. The van der Waals surface area contributed by atoms with Crippen LogP contribution in [0.2, 0.25) is 0 Å². The van der Waals surface area contributed by atoms with E-state index in [1.165, 1.54) is 17.7 Å². The van der Waals surface area contributed by atoms with Crippen molar-refractivity contribution in [2.75, 3.05) is 32.1 Å². The van der Waals surface area contributed by atoms with Crippen LogP contribution in [0.3, 0.4) is 0 Å². The van der Waals surface area contributed by atoms with E-state index < -0.39 is 0 Å². The summed E-state index contributed by atoms with van der Waals surface area (Å²) in [6.07, 6.45) is 5.27. The van der Waals surface area contributed by atoms with Crippen molar-refractivity contribution in [3.8, 4) is 28.3 Å². The molecule has 2 N–H and O–H groups in total. The SMILES string of the molecule is [C-]#[N+]c1ccc(-c2cc3n(c2)Cc2cc(N4CC[C@@H](N(C)C)C4)ccc2-n2c(CN)cnc2-3)cc1. The maximum Gasteiger partial charge on any atom is 0.187 e. The van der Waals surface area contributed by atoms with Gasteiger partial charge in [0.15, 0.2) is 11.5 Å². The second-order valence-corrected chi connectivity index (χ2v) is 9.68. The Morgan fingerprint density at radius 1 is 1.11 bits per heavy atom. The normalized spacial score (nSPS) is 16.5. The van der Waals surface area contributed by atoms with E-state index in [4.69, 9.17) is 17.3 Å². The van der Waals surface area contributed by atoms with E-state index in [9.17, 15) is 0 Å². The van der Waals surface area contributed by atoms with Crippen molar-refractivity contribution in [3.05, 3.63) is 83.6 Å². The molecule has 2 aromatic carbocycles. The summed E-state index contributed by atoms with van der Waals surface area (Å²) in [4.78, 5) is 13.1. The molecule has 0 bridgehead atoms. The number of hydrogen-bond acceptors (Lipinski definition) is 4. The van der Waals surface area contributed by atoms with E-state index in [2.05, 4.69) is 68.3 Å². The summed E-state index contributed by atoms with van der Waals surface area (Å²) in [5.41, 5.74) is 14.8. The minimum Gasteiger partial charge on any atom is -0.370 e. The van der Waals surface area contributed by atoms with E-state index in [-0.39, 0.29) is 0 Å². The third-order valence-corrected chi connectivity index (χ3v) is 7.40. The summed E-state index contributed by atoms with van der Waals surface area (Å²) in [5, 5.41) is 0. The van der Waals surface area contributed by atoms with Gasteiger partial charge in [0.05, 0.1) is 29.8 Å². The van der Waals surface area contributed by atoms with Gasteiger partial charge in [0, 0.05) is 49.7 Å². The molecule has 7 nitrogen and oxygen atoms in total. The molecule has 176 valence electrons. The first-order valence-electron chi connectivity index (χ1n) is 12.1. The van der Waals surface area contributed by atoms with Crippen LogP contribution in [0.1, 0.15) is 17.7 Å². The number of nitrogens with two attached hydrogens (primary N) is 1. The molecule has 0 aliphatic carbocycles. The first-order chi connectivity index (χ1) is 17.1. The van der Waals surface area contributed by atoms with Crippen LogP contribution in [0.5, 0.6) is 0 Å². The zero-order valence-electron chi connectivity index (χ0n) is 20.1. The van der Waals surface area contributed by atoms with Gasteiger partial charge >= 0.3 is 0 Å². The number of aromatic nitrogens is 3. The molecule has 1 fully saturated rings. The van der Waals surface area contributed by atoms with E-state index in [0.717, 1.165) is 53.7 Å². The number of imidazole rings is 1. The topological polar surface area (TPSA) is 59.6 Å². The molecule has 0 spiro atoms. The summed E-state index contributed by atoms with van der Waals surface area (Å²) in [5.74, 6) is 0.912. The van der Waals surface area contributed by atoms with Crippen molar-refractivity contribution in [3.63, 3.8) is 0 Å². The molecule has 2 aliphatic rings. The molecule has 7 heteroatoms. The molecule has 6 rings (SSSR count). The lowest BCUT2D eigenvalue weighted by molar-refractivity contribution is 0.315. The van der Waals surface area contributed by atoms with Gasteiger partial charge in [0.1, 0.15) is 0 Å². The molecule has 2 aromatic heterocycles. The van der Waals surface area contributed by atoms with Crippen molar-refractivity contribution in [2.45, 2.75) is 25.6 Å². The van der Waals surface area contributed by atoms with Gasteiger partial charge < -0.3 is 20.1 Å². The van der Waals surface area contributed by atoms with Gasteiger partial charge in [-0.2, -0.15) is 0 Å². The zero-order valence-corrected chi connectivity index (χ0v) is 20.1. The van der Waals surface area contributed by atoms with Gasteiger partial charge in [-0.15, -0.1) is 0 Å². The van der Waals surface area contributed by atoms with Crippen LogP contribution in [0.15, 0.2) is 60.9 Å². The fourth-order valence-electron chi connectivity index (χ4n) is 5.39. The molecule has 35 heavy (non-hydrogen) atoms. The Morgan fingerprint density at radius 2 is 1.94 bits per heavy atom. The first kappa shape index (κ1) is 21.7. The molecule has 0 unspecified atom stereocenters. The highest BCUT2D eigenvalue weighted by molar-refractivity contribution is 5.73. The predicted molar refractivity (Wildman–Crippen MR) is 140 cm³/mol. The van der Waals surface area contributed by atoms with Crippen LogP contribution < -0.4 is 10.6 Å². The summed E-state index contributed by atoms with van der Waals surface area (Å²) in [6, 6.07) is 17.4. The van der Waals surface area contributed by atoms with Gasteiger partial charge in [-0.3, -0.25) is 4.57 Å². The summed E-state index contributed by atoms with van der Waals surface area (Å²) in [6.45, 7) is 10.5. The number of hydrogen-bond donors (Lipinski definition) is 1. The third kappa shape index (κ3) is 3.63. The van der Waals surface area contributed by atoms with Crippen LogP contribution in [0.4, 0.5) is 11.4 Å². The molecule has 1 atom stereocenters. The number of benzene rings is 2. The minimum atomic E-state index is 0.427. The van der Waals surface area contributed by atoms with E-state index in [1.807, 2.05) is 30.5 Å². The Kier molecular flexibility index (Phi) is 5.21. The second-order valence-electron chi connectivity index (χ2n) is 9.68. The fourth-order valence-corrected chi connectivity index (χ4v) is 5.39. The smallest absolute Gasteiger partial charge is 0.187 e. The quantitative estimate of drug-likeness (QED) is 0.398. The second kappa shape index (κ2) is 8.42. The highest BCUT2D eigenvalue weighted by atomic mass is 15.2. The van der Waals surface area contributed by atoms with Crippen LogP contribution >= 0.6 is 0 Å². The van der Waals surface area contributed by atoms with E-state index in [0.29, 0.717) is 18.3 Å². The number of anilines is 1. The highest BCUT2D eigenvalue weighted by Gasteiger charge is 2.27. The molecule has 0 saturated carbocycles. The molecule has 4 aromatic rings. The lowest BCUT2D eigenvalue weighted by Gasteiger charge is -2.23. The Morgan fingerprint density at radius 3 is 2.66 bits per heavy atom. The van der Waals surface area contributed by atoms with Crippen molar-refractivity contribution < 1.29 is 0 Å². The first-order valence-corrected chi connectivity index (χ1v) is 12.1. The molecule has 0 amide bonds. The van der Waals surface area contributed by atoms with Crippen molar-refractivity contribution in [1.82, 2.24) is 19.0 Å². The van der Waals surface area contributed by atoms with Gasteiger partial charge in [-0.05, 0) is 55.9 Å². The summed E-state index contributed by atoms with van der Waals surface area (Å²) < 4.78 is 4.51. The standard InChI is InChI=1S/C28H29N7/c1-30-22-6-4-19(5-7-22)20-13-27-28-31-15-25(14-29)35(28)26-9-8-23(12-21(26)17-34(27)16-20)33-11-10-24(18-33)32(2)3/h4-9,12-13,15-16,24H,10-11,14,17-18,29H2,2-3H3/t24-/m1/s1. The third-order valence-electron chi connectivity index (χ3n) is 7.40. The Bertz CT molecular complexity index is 1440. The molecular weight excluding hydrogens is 434 g/mol. The average molecular weight is 464 g/mol. The van der Waals surface area contributed by atoms with Gasteiger partial charge in [0.25, 0.3) is 0 Å². The zero-order chi connectivity index (χ0) is 24.1. The monoisotopic (exact) mass is 463 g/mol. The maximum absolute atomic E-state index is 7.23. The highest BCUT2D eigenvalue weighted by Crippen LogP contribution is 2.37. The van der Waals surface area contributed by atoms with Crippen molar-refractivity contribution in [2.24, 2.45) is 5.73 Å². The molecule has 0 radical (unpaired) electrons. The predicted octanol–water partition coefficient (Wildman–Crippen LogP) is 4.52. The molecule has 4 heterocycles. The van der Waals surface area contributed by atoms with Crippen LogP contribution in [0.25, 0.3) is 33.2 Å².